The lowest BCUT2D eigenvalue weighted by molar-refractivity contribution is -0.125. The molecule has 0 radical (unpaired) electrons. The van der Waals surface area contributed by atoms with Crippen LogP contribution in [0.5, 0.6) is 0 Å². The normalized spacial score (nSPS) is 21.9. The Labute approximate surface area is 125 Å². The number of carbonyl (C=O) groups is 2. The van der Waals surface area contributed by atoms with E-state index in [4.69, 9.17) is 0 Å². The molecule has 6 nitrogen and oxygen atoms in total. The van der Waals surface area contributed by atoms with Crippen molar-refractivity contribution in [2.75, 3.05) is 11.9 Å². The minimum absolute atomic E-state index is 0.126. The summed E-state index contributed by atoms with van der Waals surface area (Å²) in [7, 11) is 0. The number of nitrogens with zero attached hydrogens (tertiary/aromatic N) is 1. The van der Waals surface area contributed by atoms with Gasteiger partial charge < -0.3 is 16.0 Å². The number of piperidine rings is 1. The van der Waals surface area contributed by atoms with Crippen LogP contribution >= 0.6 is 11.3 Å². The molecular formula is C14H16N4O2S. The summed E-state index contributed by atoms with van der Waals surface area (Å²) in [5, 5.41) is 8.24. The molecule has 3 rings (SSSR count). The second-order valence-corrected chi connectivity index (χ2v) is 6.05. The molecule has 3 N–H and O–H groups in total. The summed E-state index contributed by atoms with van der Waals surface area (Å²) >= 11 is 1.55. The van der Waals surface area contributed by atoms with Crippen LogP contribution in [0.3, 0.4) is 0 Å². The smallest absolute Gasteiger partial charge is 0.319 e. The predicted molar refractivity (Wildman–Crippen MR) is 82.4 cm³/mol. The summed E-state index contributed by atoms with van der Waals surface area (Å²) in [6, 6.07) is 4.69. The van der Waals surface area contributed by atoms with Gasteiger partial charge in [0.1, 0.15) is 6.04 Å². The molecule has 3 amide bonds. The topological polar surface area (TPSA) is 83.1 Å². The van der Waals surface area contributed by atoms with Crippen LogP contribution in [0.1, 0.15) is 13.3 Å². The highest BCUT2D eigenvalue weighted by Gasteiger charge is 2.30. The molecule has 0 bridgehead atoms. The summed E-state index contributed by atoms with van der Waals surface area (Å²) in [5.74, 6) is 0.00405. The van der Waals surface area contributed by atoms with Crippen molar-refractivity contribution in [1.29, 1.82) is 0 Å². The van der Waals surface area contributed by atoms with Crippen LogP contribution in [0.4, 0.5) is 10.5 Å². The van der Waals surface area contributed by atoms with Crippen molar-refractivity contribution in [3.63, 3.8) is 0 Å². The van der Waals surface area contributed by atoms with E-state index in [1.54, 1.807) is 16.8 Å². The third-order valence-corrected chi connectivity index (χ3v) is 4.44. The molecule has 0 unspecified atom stereocenters. The fourth-order valence-corrected chi connectivity index (χ4v) is 3.07. The first kappa shape index (κ1) is 13.8. The number of nitrogens with one attached hydrogen (secondary N) is 3. The number of rotatable bonds is 2. The van der Waals surface area contributed by atoms with Crippen molar-refractivity contribution in [3.8, 4) is 0 Å². The molecule has 1 saturated heterocycles. The van der Waals surface area contributed by atoms with Gasteiger partial charge in [-0.1, -0.05) is 6.92 Å². The van der Waals surface area contributed by atoms with E-state index in [0.717, 1.165) is 16.6 Å². The van der Waals surface area contributed by atoms with Crippen molar-refractivity contribution >= 4 is 39.2 Å². The summed E-state index contributed by atoms with van der Waals surface area (Å²) < 4.78 is 1.07. The van der Waals surface area contributed by atoms with E-state index in [1.165, 1.54) is 0 Å². The van der Waals surface area contributed by atoms with E-state index in [1.807, 2.05) is 25.1 Å². The number of urea groups is 1. The van der Waals surface area contributed by atoms with Gasteiger partial charge in [-0.05, 0) is 30.5 Å². The summed E-state index contributed by atoms with van der Waals surface area (Å²) in [6.45, 7) is 2.63. The van der Waals surface area contributed by atoms with Gasteiger partial charge in [-0.25, -0.2) is 9.78 Å². The molecule has 1 aromatic heterocycles. The zero-order valence-corrected chi connectivity index (χ0v) is 12.4. The number of carbonyl (C=O) groups excluding carboxylic acids is 2. The number of amides is 3. The number of thiazole rings is 1. The second-order valence-electron chi connectivity index (χ2n) is 5.17. The molecule has 1 aromatic carbocycles. The van der Waals surface area contributed by atoms with E-state index in [9.17, 15) is 9.59 Å². The molecular weight excluding hydrogens is 288 g/mol. The lowest BCUT2D eigenvalue weighted by Gasteiger charge is -2.28. The number of hydrogen-bond acceptors (Lipinski definition) is 4. The monoisotopic (exact) mass is 304 g/mol. The predicted octanol–water partition coefficient (Wildman–Crippen LogP) is 1.94. The zero-order chi connectivity index (χ0) is 14.8. The highest BCUT2D eigenvalue weighted by atomic mass is 32.1. The van der Waals surface area contributed by atoms with Gasteiger partial charge in [0.25, 0.3) is 0 Å². The minimum atomic E-state index is -0.484. The molecule has 0 spiro atoms. The Morgan fingerprint density at radius 1 is 1.48 bits per heavy atom. The van der Waals surface area contributed by atoms with Crippen molar-refractivity contribution in [1.82, 2.24) is 15.6 Å². The van der Waals surface area contributed by atoms with Gasteiger partial charge in [-0.2, -0.15) is 0 Å². The SMILES string of the molecule is C[C@@H]1CCNC(=O)[C@H]1NC(=O)Nc1ccc2scnc2c1. The number of hydrogen-bond donors (Lipinski definition) is 3. The Hall–Kier alpha value is -2.15. The first-order valence-corrected chi connectivity index (χ1v) is 7.70. The Morgan fingerprint density at radius 3 is 3.14 bits per heavy atom. The lowest BCUT2D eigenvalue weighted by atomic mass is 9.94. The fraction of sp³-hybridized carbons (Fsp3) is 0.357. The van der Waals surface area contributed by atoms with E-state index in [0.29, 0.717) is 12.2 Å². The molecule has 7 heteroatoms. The Morgan fingerprint density at radius 2 is 2.33 bits per heavy atom. The van der Waals surface area contributed by atoms with E-state index < -0.39 is 6.04 Å². The van der Waals surface area contributed by atoms with Gasteiger partial charge in [0, 0.05) is 12.2 Å². The van der Waals surface area contributed by atoms with Crippen molar-refractivity contribution in [3.05, 3.63) is 23.7 Å². The Bertz CT molecular complexity index is 684. The molecule has 2 atom stereocenters. The van der Waals surface area contributed by atoms with Crippen LogP contribution < -0.4 is 16.0 Å². The van der Waals surface area contributed by atoms with E-state index >= 15 is 0 Å². The second kappa shape index (κ2) is 5.69. The average Bonchev–Trinajstić information content (AvgIpc) is 2.90. The van der Waals surface area contributed by atoms with Crippen LogP contribution in [0.2, 0.25) is 0 Å². The quantitative estimate of drug-likeness (QED) is 0.793. The standard InChI is InChI=1S/C14H16N4O2S/c1-8-4-5-15-13(19)12(8)18-14(20)17-9-2-3-11-10(6-9)16-7-21-11/h2-3,6-8,12H,4-5H2,1H3,(H,15,19)(H2,17,18,20)/t8-,12+/m1/s1. The minimum Gasteiger partial charge on any atom is -0.354 e. The maximum Gasteiger partial charge on any atom is 0.319 e. The largest absolute Gasteiger partial charge is 0.354 e. The molecule has 1 fully saturated rings. The molecule has 0 saturated carbocycles. The van der Waals surface area contributed by atoms with Crippen LogP contribution in [-0.4, -0.2) is 29.5 Å². The molecule has 1 aliphatic heterocycles. The number of anilines is 1. The van der Waals surface area contributed by atoms with E-state index in [-0.39, 0.29) is 17.9 Å². The Balaban J connectivity index is 1.66. The van der Waals surface area contributed by atoms with Gasteiger partial charge in [0.05, 0.1) is 15.7 Å². The highest BCUT2D eigenvalue weighted by Crippen LogP contribution is 2.21. The fourth-order valence-electron chi connectivity index (χ4n) is 2.41. The summed E-state index contributed by atoms with van der Waals surface area (Å²) in [5.41, 5.74) is 3.28. The molecule has 2 aromatic rings. The van der Waals surface area contributed by atoms with Crippen LogP contribution in [0.15, 0.2) is 23.7 Å². The van der Waals surface area contributed by atoms with Gasteiger partial charge in [-0.15, -0.1) is 11.3 Å². The van der Waals surface area contributed by atoms with Crippen molar-refractivity contribution < 1.29 is 9.59 Å². The highest BCUT2D eigenvalue weighted by molar-refractivity contribution is 7.16. The van der Waals surface area contributed by atoms with Gasteiger partial charge in [0.2, 0.25) is 5.91 Å². The van der Waals surface area contributed by atoms with Crippen molar-refractivity contribution in [2.24, 2.45) is 5.92 Å². The number of fused-ring (bicyclic) bond motifs is 1. The van der Waals surface area contributed by atoms with E-state index in [2.05, 4.69) is 20.9 Å². The first-order valence-electron chi connectivity index (χ1n) is 6.82. The van der Waals surface area contributed by atoms with Crippen LogP contribution in [0.25, 0.3) is 10.2 Å². The lowest BCUT2D eigenvalue weighted by Crippen LogP contribution is -2.55. The van der Waals surface area contributed by atoms with Crippen LogP contribution in [-0.2, 0) is 4.79 Å². The van der Waals surface area contributed by atoms with Crippen LogP contribution in [0, 0.1) is 5.92 Å². The molecule has 1 aliphatic rings. The van der Waals surface area contributed by atoms with Gasteiger partial charge in [-0.3, -0.25) is 4.79 Å². The van der Waals surface area contributed by atoms with Gasteiger partial charge in [0.15, 0.2) is 0 Å². The summed E-state index contributed by atoms with van der Waals surface area (Å²) in [4.78, 5) is 28.0. The third kappa shape index (κ3) is 2.97. The van der Waals surface area contributed by atoms with Crippen molar-refractivity contribution in [2.45, 2.75) is 19.4 Å². The number of benzene rings is 1. The zero-order valence-electron chi connectivity index (χ0n) is 11.6. The maximum absolute atomic E-state index is 12.0. The first-order chi connectivity index (χ1) is 10.1. The maximum atomic E-state index is 12.0. The molecule has 0 aliphatic carbocycles. The molecule has 2 heterocycles. The summed E-state index contributed by atoms with van der Waals surface area (Å²) in [6.07, 6.45) is 0.863. The third-order valence-electron chi connectivity index (χ3n) is 3.63. The molecule has 110 valence electrons. The molecule has 21 heavy (non-hydrogen) atoms. The van der Waals surface area contributed by atoms with Gasteiger partial charge >= 0.3 is 6.03 Å². The Kier molecular flexibility index (Phi) is 3.74. The average molecular weight is 304 g/mol. The number of aromatic nitrogens is 1.